The predicted octanol–water partition coefficient (Wildman–Crippen LogP) is 2.18. The van der Waals surface area contributed by atoms with Crippen LogP contribution >= 0.6 is 11.3 Å². The van der Waals surface area contributed by atoms with Crippen molar-refractivity contribution in [1.29, 1.82) is 0 Å². The van der Waals surface area contributed by atoms with Gasteiger partial charge in [0.15, 0.2) is 0 Å². The molecular weight excluding hydrogens is 324 g/mol. The minimum atomic E-state index is -0.340. The Bertz CT molecular complexity index is 703. The smallest absolute Gasteiger partial charge is 0.242 e. The van der Waals surface area contributed by atoms with E-state index in [-0.39, 0.29) is 24.0 Å². The molecule has 1 aliphatic heterocycles. The average Bonchev–Trinajstić information content (AvgIpc) is 3.20. The maximum Gasteiger partial charge on any atom is 0.242 e. The van der Waals surface area contributed by atoms with Gasteiger partial charge in [0.25, 0.3) is 0 Å². The number of aliphatic hydroxyl groups is 1. The van der Waals surface area contributed by atoms with Crippen LogP contribution in [0, 0.1) is 5.92 Å². The highest BCUT2D eigenvalue weighted by Crippen LogP contribution is 2.31. The van der Waals surface area contributed by atoms with Gasteiger partial charge in [0.2, 0.25) is 5.91 Å². The molecule has 130 valence electrons. The number of fused-ring (bicyclic) bond motifs is 1. The Morgan fingerprint density at radius 1 is 1.50 bits per heavy atom. The molecule has 2 aromatic rings. The minimum Gasteiger partial charge on any atom is -0.393 e. The summed E-state index contributed by atoms with van der Waals surface area (Å²) in [4.78, 5) is 24.4. The summed E-state index contributed by atoms with van der Waals surface area (Å²) in [5.74, 6) is 1.16. The first-order chi connectivity index (χ1) is 11.6. The standard InChI is InChI=1S/C17H24N4O2S/c1-11(8-12(2)22)9-18-16(23)14-4-3-6-21(14)15-13-5-7-24-17(13)20-10-19-15/h5,7,10-12,14,22H,3-4,6,8-9H2,1-2H3,(H,18,23). The molecule has 2 aromatic heterocycles. The Morgan fingerprint density at radius 2 is 2.33 bits per heavy atom. The van der Waals surface area contributed by atoms with Crippen LogP contribution in [-0.4, -0.2) is 46.2 Å². The van der Waals surface area contributed by atoms with E-state index < -0.39 is 0 Å². The van der Waals surface area contributed by atoms with Crippen LogP contribution in [0.3, 0.4) is 0 Å². The summed E-state index contributed by atoms with van der Waals surface area (Å²) < 4.78 is 0. The molecule has 0 radical (unpaired) electrons. The minimum absolute atomic E-state index is 0.0481. The first kappa shape index (κ1) is 17.1. The average molecular weight is 348 g/mol. The number of nitrogens with zero attached hydrogens (tertiary/aromatic N) is 3. The van der Waals surface area contributed by atoms with E-state index in [9.17, 15) is 9.90 Å². The molecule has 1 fully saturated rings. The van der Waals surface area contributed by atoms with Gasteiger partial charge in [-0.05, 0) is 43.6 Å². The van der Waals surface area contributed by atoms with Crippen molar-refractivity contribution in [1.82, 2.24) is 15.3 Å². The molecule has 2 N–H and O–H groups in total. The van der Waals surface area contributed by atoms with Gasteiger partial charge in [0, 0.05) is 13.1 Å². The van der Waals surface area contributed by atoms with Crippen LogP contribution in [0.1, 0.15) is 33.1 Å². The van der Waals surface area contributed by atoms with Crippen LogP contribution < -0.4 is 10.2 Å². The number of rotatable bonds is 6. The van der Waals surface area contributed by atoms with Gasteiger partial charge in [-0.25, -0.2) is 9.97 Å². The molecule has 3 unspecified atom stereocenters. The molecule has 1 saturated heterocycles. The number of nitrogens with one attached hydrogen (secondary N) is 1. The zero-order valence-electron chi connectivity index (χ0n) is 14.1. The van der Waals surface area contributed by atoms with E-state index in [1.165, 1.54) is 0 Å². The molecule has 0 aliphatic carbocycles. The second-order valence-corrected chi connectivity index (χ2v) is 7.52. The van der Waals surface area contributed by atoms with Crippen LogP contribution in [0.5, 0.6) is 0 Å². The van der Waals surface area contributed by atoms with Gasteiger partial charge in [-0.3, -0.25) is 4.79 Å². The molecule has 3 rings (SSSR count). The Hall–Kier alpha value is -1.73. The highest BCUT2D eigenvalue weighted by Gasteiger charge is 2.32. The van der Waals surface area contributed by atoms with Crippen molar-refractivity contribution in [3.63, 3.8) is 0 Å². The van der Waals surface area contributed by atoms with Gasteiger partial charge in [0.1, 0.15) is 23.0 Å². The molecule has 7 heteroatoms. The van der Waals surface area contributed by atoms with Crippen molar-refractivity contribution in [2.75, 3.05) is 18.0 Å². The van der Waals surface area contributed by atoms with Crippen LogP contribution in [0.4, 0.5) is 5.82 Å². The number of carbonyl (C=O) groups is 1. The fraction of sp³-hybridized carbons (Fsp3) is 0.588. The third-order valence-corrected chi connectivity index (χ3v) is 5.26. The number of aliphatic hydroxyl groups excluding tert-OH is 1. The van der Waals surface area contributed by atoms with Gasteiger partial charge in [0.05, 0.1) is 11.5 Å². The first-order valence-electron chi connectivity index (χ1n) is 8.47. The van der Waals surface area contributed by atoms with E-state index in [0.717, 1.165) is 35.4 Å². The summed E-state index contributed by atoms with van der Waals surface area (Å²) >= 11 is 1.59. The number of hydrogen-bond donors (Lipinski definition) is 2. The van der Waals surface area contributed by atoms with Gasteiger partial charge in [-0.15, -0.1) is 11.3 Å². The van der Waals surface area contributed by atoms with E-state index >= 15 is 0 Å². The third-order valence-electron chi connectivity index (χ3n) is 4.44. The Morgan fingerprint density at radius 3 is 3.12 bits per heavy atom. The predicted molar refractivity (Wildman–Crippen MR) is 96.3 cm³/mol. The topological polar surface area (TPSA) is 78.4 Å². The van der Waals surface area contributed by atoms with Crippen LogP contribution in [0.2, 0.25) is 0 Å². The highest BCUT2D eigenvalue weighted by atomic mass is 32.1. The number of aromatic nitrogens is 2. The molecule has 3 heterocycles. The molecule has 0 aromatic carbocycles. The lowest BCUT2D eigenvalue weighted by molar-refractivity contribution is -0.122. The van der Waals surface area contributed by atoms with Crippen molar-refractivity contribution >= 4 is 33.3 Å². The number of carbonyl (C=O) groups excluding carboxylic acids is 1. The lowest BCUT2D eigenvalue weighted by atomic mass is 10.0. The van der Waals surface area contributed by atoms with Gasteiger partial charge < -0.3 is 15.3 Å². The van der Waals surface area contributed by atoms with Crippen LogP contribution in [-0.2, 0) is 4.79 Å². The molecule has 1 amide bonds. The fourth-order valence-corrected chi connectivity index (χ4v) is 4.08. The number of thiophene rings is 1. The molecule has 6 nitrogen and oxygen atoms in total. The van der Waals surface area contributed by atoms with Gasteiger partial charge in [-0.2, -0.15) is 0 Å². The summed E-state index contributed by atoms with van der Waals surface area (Å²) in [5, 5.41) is 15.5. The Labute approximate surface area is 145 Å². The molecule has 3 atom stereocenters. The lowest BCUT2D eigenvalue weighted by Gasteiger charge is -2.26. The SMILES string of the molecule is CC(O)CC(C)CNC(=O)C1CCCN1c1ncnc2sccc12. The van der Waals surface area contributed by atoms with Gasteiger partial charge >= 0.3 is 0 Å². The Kier molecular flexibility index (Phi) is 5.30. The molecule has 0 saturated carbocycles. The number of amides is 1. The summed E-state index contributed by atoms with van der Waals surface area (Å²) in [6, 6.07) is 1.84. The lowest BCUT2D eigenvalue weighted by Crippen LogP contribution is -2.45. The zero-order valence-corrected chi connectivity index (χ0v) is 14.9. The van der Waals surface area contributed by atoms with Gasteiger partial charge in [-0.1, -0.05) is 6.92 Å². The number of anilines is 1. The first-order valence-corrected chi connectivity index (χ1v) is 9.35. The van der Waals surface area contributed by atoms with Crippen LogP contribution in [0.25, 0.3) is 10.2 Å². The van der Waals surface area contributed by atoms with Crippen molar-refractivity contribution in [2.24, 2.45) is 5.92 Å². The maximum absolute atomic E-state index is 12.6. The summed E-state index contributed by atoms with van der Waals surface area (Å²) in [6.45, 7) is 5.24. The quantitative estimate of drug-likeness (QED) is 0.837. The molecule has 24 heavy (non-hydrogen) atoms. The summed E-state index contributed by atoms with van der Waals surface area (Å²) in [7, 11) is 0. The number of hydrogen-bond acceptors (Lipinski definition) is 6. The summed E-state index contributed by atoms with van der Waals surface area (Å²) in [6.07, 6.45) is 3.75. The second-order valence-electron chi connectivity index (χ2n) is 6.62. The summed E-state index contributed by atoms with van der Waals surface area (Å²) in [5.41, 5.74) is 0. The van der Waals surface area contributed by atoms with Crippen LogP contribution in [0.15, 0.2) is 17.8 Å². The molecule has 1 aliphatic rings. The monoisotopic (exact) mass is 348 g/mol. The Balaban J connectivity index is 1.69. The van der Waals surface area contributed by atoms with Crippen molar-refractivity contribution in [3.8, 4) is 0 Å². The fourth-order valence-electron chi connectivity index (χ4n) is 3.36. The highest BCUT2D eigenvalue weighted by molar-refractivity contribution is 7.16. The van der Waals surface area contributed by atoms with E-state index in [4.69, 9.17) is 0 Å². The third kappa shape index (κ3) is 3.67. The van der Waals surface area contributed by atoms with Crippen molar-refractivity contribution in [3.05, 3.63) is 17.8 Å². The van der Waals surface area contributed by atoms with Crippen molar-refractivity contribution in [2.45, 2.75) is 45.3 Å². The molecule has 0 spiro atoms. The van der Waals surface area contributed by atoms with Crippen molar-refractivity contribution < 1.29 is 9.90 Å². The maximum atomic E-state index is 12.6. The second kappa shape index (κ2) is 7.44. The largest absolute Gasteiger partial charge is 0.393 e. The van der Waals surface area contributed by atoms with E-state index in [1.54, 1.807) is 24.6 Å². The molecular formula is C17H24N4O2S. The normalized spacial score (nSPS) is 20.3. The van der Waals surface area contributed by atoms with E-state index in [2.05, 4.69) is 20.2 Å². The van der Waals surface area contributed by atoms with E-state index in [0.29, 0.717) is 13.0 Å². The zero-order chi connectivity index (χ0) is 17.1. The van der Waals surface area contributed by atoms with E-state index in [1.807, 2.05) is 18.4 Å². The molecule has 0 bridgehead atoms.